The average Bonchev–Trinajstić information content (AvgIpc) is 3.31. The Hall–Kier alpha value is -3.86. The number of carbonyl (C=O) groups is 2. The van der Waals surface area contributed by atoms with Crippen molar-refractivity contribution in [3.8, 4) is 0 Å². The van der Waals surface area contributed by atoms with Gasteiger partial charge in [-0.1, -0.05) is 12.1 Å². The molecule has 32 heavy (non-hydrogen) atoms. The number of imide groups is 1. The van der Waals surface area contributed by atoms with Gasteiger partial charge in [-0.3, -0.25) is 14.9 Å². The highest BCUT2D eigenvalue weighted by Crippen LogP contribution is 2.20. The molecule has 10 nitrogen and oxygen atoms in total. The fourth-order valence-electron chi connectivity index (χ4n) is 3.27. The molecule has 1 aliphatic rings. The van der Waals surface area contributed by atoms with Crippen LogP contribution < -0.4 is 16.0 Å². The number of nitrogens with zero attached hydrogens (tertiary/aromatic N) is 4. The van der Waals surface area contributed by atoms with Crippen LogP contribution in [0.5, 0.6) is 0 Å². The summed E-state index contributed by atoms with van der Waals surface area (Å²) in [6.07, 6.45) is 3.75. The molecule has 4 rings (SSSR count). The number of hydrogen-bond acceptors (Lipinski definition) is 8. The van der Waals surface area contributed by atoms with Crippen LogP contribution in [-0.4, -0.2) is 58.2 Å². The fraction of sp³-hybridized carbons (Fsp3) is 0.286. The molecule has 11 heteroatoms. The molecule has 0 radical (unpaired) electrons. The number of methoxy groups -OCH3 is 1. The second-order valence-corrected chi connectivity index (χ2v) is 7.16. The lowest BCUT2D eigenvalue weighted by molar-refractivity contribution is -0.124. The molecule has 0 unspecified atom stereocenters. The van der Waals surface area contributed by atoms with Crippen LogP contribution in [0.3, 0.4) is 0 Å². The second-order valence-electron chi connectivity index (χ2n) is 7.16. The van der Waals surface area contributed by atoms with E-state index in [2.05, 4.69) is 31.0 Å². The Morgan fingerprint density at radius 2 is 2.12 bits per heavy atom. The summed E-state index contributed by atoms with van der Waals surface area (Å²) >= 11 is 0. The highest BCUT2D eigenvalue weighted by atomic mass is 19.1. The van der Waals surface area contributed by atoms with Crippen molar-refractivity contribution in [3.05, 3.63) is 53.0 Å². The number of ether oxygens (including phenoxy) is 1. The van der Waals surface area contributed by atoms with Crippen molar-refractivity contribution in [3.63, 3.8) is 0 Å². The molecule has 0 spiro atoms. The van der Waals surface area contributed by atoms with Crippen LogP contribution in [0, 0.1) is 5.82 Å². The summed E-state index contributed by atoms with van der Waals surface area (Å²) < 4.78 is 20.0. The van der Waals surface area contributed by atoms with Gasteiger partial charge in [0.05, 0.1) is 19.2 Å². The summed E-state index contributed by atoms with van der Waals surface area (Å²) in [6.45, 7) is 1.45. The summed E-state index contributed by atoms with van der Waals surface area (Å²) in [7, 11) is 1.60. The standard InChI is InChI=1S/C21H22FN7O3/c1-32-8-7-23-20-27-18-15(10-14-11-17(30)26-19(14)31)12-25-29(18)21(28-20)24-6-5-13-3-2-4-16(22)9-13/h2-4,9-10,12H,5-8,11H2,1H3,(H,26,30,31)(H2,23,24,27,28)/b14-10+. The van der Waals surface area contributed by atoms with E-state index in [1.165, 1.54) is 16.6 Å². The molecule has 2 aromatic heterocycles. The number of rotatable bonds is 9. The molecule has 1 fully saturated rings. The minimum absolute atomic E-state index is 0.0128. The third kappa shape index (κ3) is 4.89. The Labute approximate surface area is 182 Å². The predicted molar refractivity (Wildman–Crippen MR) is 115 cm³/mol. The number of halogens is 1. The van der Waals surface area contributed by atoms with Crippen molar-refractivity contribution in [1.29, 1.82) is 0 Å². The molecule has 0 atom stereocenters. The van der Waals surface area contributed by atoms with E-state index in [1.54, 1.807) is 25.4 Å². The van der Waals surface area contributed by atoms with Gasteiger partial charge in [0, 0.05) is 31.3 Å². The fourth-order valence-corrected chi connectivity index (χ4v) is 3.27. The Balaban J connectivity index is 1.61. The van der Waals surface area contributed by atoms with Gasteiger partial charge in [-0.15, -0.1) is 0 Å². The van der Waals surface area contributed by atoms with Gasteiger partial charge in [-0.05, 0) is 30.2 Å². The van der Waals surface area contributed by atoms with Gasteiger partial charge in [0.2, 0.25) is 17.8 Å². The van der Waals surface area contributed by atoms with Crippen LogP contribution in [-0.2, 0) is 20.7 Å². The van der Waals surface area contributed by atoms with Crippen molar-refractivity contribution in [2.24, 2.45) is 0 Å². The third-order valence-corrected chi connectivity index (χ3v) is 4.80. The molecule has 3 N–H and O–H groups in total. The minimum Gasteiger partial charge on any atom is -0.383 e. The highest BCUT2D eigenvalue weighted by molar-refractivity contribution is 6.15. The maximum Gasteiger partial charge on any atom is 0.254 e. The van der Waals surface area contributed by atoms with E-state index in [-0.39, 0.29) is 18.1 Å². The van der Waals surface area contributed by atoms with Crippen molar-refractivity contribution in [1.82, 2.24) is 24.9 Å². The molecule has 1 saturated heterocycles. The van der Waals surface area contributed by atoms with Crippen LogP contribution >= 0.6 is 0 Å². The average molecular weight is 439 g/mol. The number of amides is 2. The molecule has 3 aromatic rings. The quantitative estimate of drug-likeness (QED) is 0.260. The number of anilines is 2. The molecule has 1 aliphatic heterocycles. The van der Waals surface area contributed by atoms with E-state index in [0.29, 0.717) is 54.8 Å². The van der Waals surface area contributed by atoms with Gasteiger partial charge in [-0.25, -0.2) is 4.39 Å². The van der Waals surface area contributed by atoms with E-state index in [0.717, 1.165) is 5.56 Å². The van der Waals surface area contributed by atoms with E-state index >= 15 is 0 Å². The largest absolute Gasteiger partial charge is 0.383 e. The topological polar surface area (TPSA) is 123 Å². The molecule has 2 amide bonds. The van der Waals surface area contributed by atoms with Crippen molar-refractivity contribution < 1.29 is 18.7 Å². The van der Waals surface area contributed by atoms with Crippen LogP contribution in [0.15, 0.2) is 36.0 Å². The molecule has 0 aliphatic carbocycles. The smallest absolute Gasteiger partial charge is 0.254 e. The maximum atomic E-state index is 13.4. The lowest BCUT2D eigenvalue weighted by Gasteiger charge is -2.11. The van der Waals surface area contributed by atoms with Crippen LogP contribution in [0.1, 0.15) is 17.5 Å². The third-order valence-electron chi connectivity index (χ3n) is 4.80. The van der Waals surface area contributed by atoms with Crippen LogP contribution in [0.4, 0.5) is 16.3 Å². The summed E-state index contributed by atoms with van der Waals surface area (Å²) in [4.78, 5) is 32.4. The van der Waals surface area contributed by atoms with Crippen LogP contribution in [0.2, 0.25) is 0 Å². The minimum atomic E-state index is -0.421. The Kier molecular flexibility index (Phi) is 6.36. The maximum absolute atomic E-state index is 13.4. The Bertz CT molecular complexity index is 1190. The second kappa shape index (κ2) is 9.52. The van der Waals surface area contributed by atoms with Crippen molar-refractivity contribution in [2.45, 2.75) is 12.8 Å². The number of carbonyl (C=O) groups excluding carboxylic acids is 2. The first-order valence-electron chi connectivity index (χ1n) is 10.0. The predicted octanol–water partition coefficient (Wildman–Crippen LogP) is 1.41. The first-order chi connectivity index (χ1) is 15.5. The van der Waals surface area contributed by atoms with Crippen molar-refractivity contribution >= 4 is 35.4 Å². The molecular formula is C21H22FN7O3. The molecule has 3 heterocycles. The molecule has 1 aromatic carbocycles. The number of hydrogen-bond donors (Lipinski definition) is 3. The van der Waals surface area contributed by atoms with E-state index in [9.17, 15) is 14.0 Å². The molecule has 0 bridgehead atoms. The van der Waals surface area contributed by atoms with Gasteiger partial charge in [0.1, 0.15) is 5.82 Å². The van der Waals surface area contributed by atoms with Crippen molar-refractivity contribution in [2.75, 3.05) is 37.4 Å². The summed E-state index contributed by atoms with van der Waals surface area (Å²) in [5.74, 6) is -0.252. The Morgan fingerprint density at radius 1 is 1.25 bits per heavy atom. The normalized spacial score (nSPS) is 14.9. The van der Waals surface area contributed by atoms with Crippen LogP contribution in [0.25, 0.3) is 11.7 Å². The summed E-state index contributed by atoms with van der Waals surface area (Å²) in [5.41, 5.74) is 2.24. The number of aromatic nitrogens is 4. The summed E-state index contributed by atoms with van der Waals surface area (Å²) in [5, 5.41) is 12.9. The lowest BCUT2D eigenvalue weighted by atomic mass is 10.1. The molecule has 0 saturated carbocycles. The van der Waals surface area contributed by atoms with Gasteiger partial charge < -0.3 is 15.4 Å². The number of benzene rings is 1. The SMILES string of the molecule is COCCNc1nc(NCCc2cccc(F)c2)n2ncc(/C=C3\CC(=O)NC3=O)c2n1. The highest BCUT2D eigenvalue weighted by Gasteiger charge is 2.24. The lowest BCUT2D eigenvalue weighted by Crippen LogP contribution is -2.19. The van der Waals surface area contributed by atoms with E-state index < -0.39 is 5.91 Å². The zero-order valence-corrected chi connectivity index (χ0v) is 17.4. The first-order valence-corrected chi connectivity index (χ1v) is 10.0. The zero-order valence-electron chi connectivity index (χ0n) is 17.4. The van der Waals surface area contributed by atoms with E-state index in [4.69, 9.17) is 4.74 Å². The van der Waals surface area contributed by atoms with Gasteiger partial charge in [0.15, 0.2) is 5.65 Å². The van der Waals surface area contributed by atoms with Gasteiger partial charge in [0.25, 0.3) is 5.91 Å². The molecular weight excluding hydrogens is 417 g/mol. The van der Waals surface area contributed by atoms with Gasteiger partial charge >= 0.3 is 0 Å². The number of nitrogens with one attached hydrogen (secondary N) is 3. The monoisotopic (exact) mass is 439 g/mol. The summed E-state index contributed by atoms with van der Waals surface area (Å²) in [6, 6.07) is 6.41. The Morgan fingerprint density at radius 3 is 2.88 bits per heavy atom. The zero-order chi connectivity index (χ0) is 22.5. The van der Waals surface area contributed by atoms with E-state index in [1.807, 2.05) is 6.07 Å². The first kappa shape index (κ1) is 21.4. The number of fused-ring (bicyclic) bond motifs is 1. The molecule has 166 valence electrons. The van der Waals surface area contributed by atoms with Gasteiger partial charge in [-0.2, -0.15) is 19.6 Å².